The van der Waals surface area contributed by atoms with Gasteiger partial charge >= 0.3 is 5.97 Å². The van der Waals surface area contributed by atoms with Crippen molar-refractivity contribution < 1.29 is 23.9 Å². The molecule has 0 fully saturated rings. The van der Waals surface area contributed by atoms with Crippen molar-refractivity contribution in [2.75, 3.05) is 17.7 Å². The Hall–Kier alpha value is -3.72. The van der Waals surface area contributed by atoms with E-state index < -0.39 is 18.0 Å². The Morgan fingerprint density at radius 1 is 1.06 bits per heavy atom. The van der Waals surface area contributed by atoms with Crippen LogP contribution in [0.2, 0.25) is 0 Å². The van der Waals surface area contributed by atoms with E-state index in [-0.39, 0.29) is 16.7 Å². The van der Waals surface area contributed by atoms with Crippen LogP contribution in [0.25, 0.3) is 0 Å². The predicted octanol–water partition coefficient (Wildman–Crippen LogP) is 3.96. The lowest BCUT2D eigenvalue weighted by Gasteiger charge is -2.19. The second-order valence-corrected chi connectivity index (χ2v) is 7.47. The Morgan fingerprint density at radius 2 is 1.81 bits per heavy atom. The maximum atomic E-state index is 13.1. The van der Waals surface area contributed by atoms with Crippen LogP contribution in [-0.2, 0) is 14.3 Å². The van der Waals surface area contributed by atoms with Crippen LogP contribution in [0.15, 0.2) is 53.9 Å². The molecule has 2 N–H and O–H groups in total. The van der Waals surface area contributed by atoms with Crippen LogP contribution in [0.3, 0.4) is 0 Å². The Labute approximate surface area is 183 Å². The monoisotopic (exact) mass is 439 g/mol. The number of benzene rings is 2. The van der Waals surface area contributed by atoms with Gasteiger partial charge in [0.2, 0.25) is 12.0 Å². The first kappa shape index (κ1) is 22.0. The van der Waals surface area contributed by atoms with Crippen LogP contribution < -0.4 is 15.4 Å². The first-order valence-corrected chi connectivity index (χ1v) is 10.2. The van der Waals surface area contributed by atoms with E-state index in [0.29, 0.717) is 17.0 Å². The van der Waals surface area contributed by atoms with Gasteiger partial charge in [0.25, 0.3) is 5.91 Å². The number of thiazole rings is 1. The van der Waals surface area contributed by atoms with Gasteiger partial charge in [0.05, 0.1) is 12.8 Å². The number of nitrogens with one attached hydrogen (secondary N) is 2. The summed E-state index contributed by atoms with van der Waals surface area (Å²) in [6, 6.07) is 14.0. The number of amides is 2. The van der Waals surface area contributed by atoms with Gasteiger partial charge in [-0.25, -0.2) is 9.78 Å². The Balaban J connectivity index is 1.84. The van der Waals surface area contributed by atoms with E-state index in [1.807, 2.05) is 13.0 Å². The highest BCUT2D eigenvalue weighted by Crippen LogP contribution is 2.28. The minimum absolute atomic E-state index is 0.00406. The summed E-state index contributed by atoms with van der Waals surface area (Å²) in [5.74, 6) is -1.15. The molecule has 0 aliphatic rings. The topological polar surface area (TPSA) is 107 Å². The number of carbonyl (C=O) groups is 3. The van der Waals surface area contributed by atoms with Crippen molar-refractivity contribution in [2.45, 2.75) is 20.0 Å². The zero-order chi connectivity index (χ0) is 22.4. The first-order valence-electron chi connectivity index (χ1n) is 9.32. The Kier molecular flexibility index (Phi) is 6.99. The van der Waals surface area contributed by atoms with E-state index in [2.05, 4.69) is 15.6 Å². The van der Waals surface area contributed by atoms with E-state index in [9.17, 15) is 14.4 Å². The molecule has 160 valence electrons. The number of methoxy groups -OCH3 is 1. The fourth-order valence-corrected chi connectivity index (χ4v) is 3.49. The molecule has 0 saturated carbocycles. The molecule has 0 radical (unpaired) electrons. The van der Waals surface area contributed by atoms with Gasteiger partial charge < -0.3 is 20.1 Å². The second kappa shape index (κ2) is 9.86. The number of anilines is 2. The number of hydrogen-bond acceptors (Lipinski definition) is 7. The number of ether oxygens (including phenoxy) is 2. The van der Waals surface area contributed by atoms with Gasteiger partial charge in [-0.1, -0.05) is 36.4 Å². The smallest absolute Gasteiger partial charge is 0.359 e. The van der Waals surface area contributed by atoms with Gasteiger partial charge in [-0.2, -0.15) is 0 Å². The molecule has 3 rings (SSSR count). The highest BCUT2D eigenvalue weighted by Gasteiger charge is 2.27. The number of aryl methyl sites for hydroxylation is 1. The average Bonchev–Trinajstić information content (AvgIpc) is 3.20. The van der Waals surface area contributed by atoms with Crippen LogP contribution >= 0.6 is 11.3 Å². The Bertz CT molecular complexity index is 1100. The van der Waals surface area contributed by atoms with Crippen LogP contribution in [0.5, 0.6) is 5.75 Å². The summed E-state index contributed by atoms with van der Waals surface area (Å²) >= 11 is 1.09. The lowest BCUT2D eigenvalue weighted by molar-refractivity contribution is -0.125. The van der Waals surface area contributed by atoms with Crippen molar-refractivity contribution in [1.29, 1.82) is 0 Å². The van der Waals surface area contributed by atoms with Crippen LogP contribution in [0.4, 0.5) is 10.8 Å². The summed E-state index contributed by atoms with van der Waals surface area (Å²) in [4.78, 5) is 41.0. The lowest BCUT2D eigenvalue weighted by Crippen LogP contribution is -2.26. The van der Waals surface area contributed by atoms with E-state index in [1.165, 1.54) is 19.4 Å². The zero-order valence-electron chi connectivity index (χ0n) is 17.2. The molecule has 0 bridgehead atoms. The number of carbonyl (C=O) groups excluding carboxylic acids is 3. The molecule has 1 atom stereocenters. The molecule has 1 heterocycles. The molecular formula is C22H21N3O5S. The second-order valence-electron chi connectivity index (χ2n) is 6.61. The molecule has 1 aromatic heterocycles. The van der Waals surface area contributed by atoms with Gasteiger partial charge in [0.15, 0.2) is 10.8 Å². The normalized spacial score (nSPS) is 11.3. The molecule has 2 amide bonds. The Morgan fingerprint density at radius 3 is 2.48 bits per heavy atom. The van der Waals surface area contributed by atoms with Gasteiger partial charge in [0, 0.05) is 17.9 Å². The lowest BCUT2D eigenvalue weighted by atomic mass is 10.1. The van der Waals surface area contributed by atoms with Crippen LogP contribution in [0.1, 0.15) is 34.6 Å². The van der Waals surface area contributed by atoms with Gasteiger partial charge in [-0.3, -0.25) is 9.59 Å². The van der Waals surface area contributed by atoms with Crippen molar-refractivity contribution in [2.24, 2.45) is 0 Å². The number of aromatic nitrogens is 1. The van der Waals surface area contributed by atoms with Crippen LogP contribution in [0, 0.1) is 6.92 Å². The molecule has 31 heavy (non-hydrogen) atoms. The molecule has 1 unspecified atom stereocenters. The molecule has 0 saturated heterocycles. The van der Waals surface area contributed by atoms with E-state index >= 15 is 0 Å². The highest BCUT2D eigenvalue weighted by atomic mass is 32.1. The predicted molar refractivity (Wildman–Crippen MR) is 117 cm³/mol. The average molecular weight is 439 g/mol. The summed E-state index contributed by atoms with van der Waals surface area (Å²) in [6.07, 6.45) is -1.22. The van der Waals surface area contributed by atoms with Crippen molar-refractivity contribution >= 4 is 39.9 Å². The fraction of sp³-hybridized carbons (Fsp3) is 0.182. The SMILES string of the molecule is COc1ccc(C)cc1NC(=O)C(OC(=O)c1csc(NC(C)=O)n1)c1ccccc1. The number of rotatable bonds is 7. The molecule has 9 heteroatoms. The summed E-state index contributed by atoms with van der Waals surface area (Å²) in [5.41, 5.74) is 1.89. The van der Waals surface area contributed by atoms with Crippen molar-refractivity contribution in [3.63, 3.8) is 0 Å². The molecular weight excluding hydrogens is 418 g/mol. The maximum absolute atomic E-state index is 13.1. The number of hydrogen-bond donors (Lipinski definition) is 2. The summed E-state index contributed by atoms with van der Waals surface area (Å²) < 4.78 is 10.8. The molecule has 8 nitrogen and oxygen atoms in total. The summed E-state index contributed by atoms with van der Waals surface area (Å²) in [6.45, 7) is 3.23. The van der Waals surface area contributed by atoms with E-state index in [1.54, 1.807) is 42.5 Å². The molecule has 3 aromatic rings. The van der Waals surface area contributed by atoms with Crippen molar-refractivity contribution in [3.05, 3.63) is 70.7 Å². The van der Waals surface area contributed by atoms with E-state index in [0.717, 1.165) is 16.9 Å². The third kappa shape index (κ3) is 5.67. The molecule has 0 aliphatic carbocycles. The quantitative estimate of drug-likeness (QED) is 0.540. The third-order valence-electron chi connectivity index (χ3n) is 4.17. The first-order chi connectivity index (χ1) is 14.9. The molecule has 0 aliphatic heterocycles. The molecule has 0 spiro atoms. The van der Waals surface area contributed by atoms with Crippen LogP contribution in [-0.4, -0.2) is 29.9 Å². The standard InChI is InChI=1S/C22H21N3O5S/c1-13-9-10-18(29-3)16(11-13)24-20(27)19(15-7-5-4-6-8-15)30-21(28)17-12-31-22(25-17)23-14(2)26/h4-12,19H,1-3H3,(H,24,27)(H,23,25,26). The summed E-state index contributed by atoms with van der Waals surface area (Å²) in [5, 5.41) is 7.00. The van der Waals surface area contributed by atoms with Gasteiger partial charge in [0.1, 0.15) is 5.75 Å². The van der Waals surface area contributed by atoms with Crippen molar-refractivity contribution in [3.8, 4) is 5.75 Å². The molecule has 2 aromatic carbocycles. The van der Waals surface area contributed by atoms with Gasteiger partial charge in [-0.05, 0) is 24.6 Å². The number of nitrogens with zero attached hydrogens (tertiary/aromatic N) is 1. The zero-order valence-corrected chi connectivity index (χ0v) is 18.0. The summed E-state index contributed by atoms with van der Waals surface area (Å²) in [7, 11) is 1.50. The highest BCUT2D eigenvalue weighted by molar-refractivity contribution is 7.14. The number of esters is 1. The van der Waals surface area contributed by atoms with E-state index in [4.69, 9.17) is 9.47 Å². The fourth-order valence-electron chi connectivity index (χ4n) is 2.76. The van der Waals surface area contributed by atoms with Crippen molar-refractivity contribution in [1.82, 2.24) is 4.98 Å². The van der Waals surface area contributed by atoms with Gasteiger partial charge in [-0.15, -0.1) is 11.3 Å². The third-order valence-corrected chi connectivity index (χ3v) is 4.93. The maximum Gasteiger partial charge on any atom is 0.359 e. The minimum atomic E-state index is -1.22. The largest absolute Gasteiger partial charge is 0.495 e. The minimum Gasteiger partial charge on any atom is -0.495 e.